The first-order chi connectivity index (χ1) is 10.1. The highest BCUT2D eigenvalue weighted by molar-refractivity contribution is 6.30. The third-order valence-corrected chi connectivity index (χ3v) is 3.72. The van der Waals surface area contributed by atoms with Crippen molar-refractivity contribution in [3.05, 3.63) is 70.7 Å². The first kappa shape index (κ1) is 14.1. The molecule has 0 spiro atoms. The van der Waals surface area contributed by atoms with Gasteiger partial charge in [-0.1, -0.05) is 35.9 Å². The van der Waals surface area contributed by atoms with Crippen molar-refractivity contribution in [1.82, 2.24) is 5.32 Å². The standard InChI is InChI=1S/C17H15ClFNO/c1-11(17-8-12-4-2-3-5-16(12)21-17)20-10-13-6-7-14(18)9-15(13)19/h2-9,11,20H,10H2,1H3. The molecule has 108 valence electrons. The van der Waals surface area contributed by atoms with E-state index in [9.17, 15) is 4.39 Å². The normalized spacial score (nSPS) is 12.7. The van der Waals surface area contributed by atoms with Gasteiger partial charge in [-0.3, -0.25) is 0 Å². The number of halogens is 2. The number of para-hydroxylation sites is 1. The lowest BCUT2D eigenvalue weighted by Gasteiger charge is -2.11. The zero-order valence-electron chi connectivity index (χ0n) is 11.6. The van der Waals surface area contributed by atoms with Gasteiger partial charge in [0.2, 0.25) is 0 Å². The van der Waals surface area contributed by atoms with Gasteiger partial charge in [0.05, 0.1) is 6.04 Å². The van der Waals surface area contributed by atoms with Crippen LogP contribution in [0.5, 0.6) is 0 Å². The van der Waals surface area contributed by atoms with Crippen LogP contribution < -0.4 is 5.32 Å². The Labute approximate surface area is 127 Å². The van der Waals surface area contributed by atoms with Crippen LogP contribution in [-0.4, -0.2) is 0 Å². The molecule has 0 amide bonds. The number of hydrogen-bond donors (Lipinski definition) is 1. The molecule has 3 aromatic rings. The monoisotopic (exact) mass is 303 g/mol. The molecule has 1 heterocycles. The van der Waals surface area contributed by atoms with Crippen molar-refractivity contribution < 1.29 is 8.81 Å². The Hall–Kier alpha value is -1.84. The number of benzene rings is 2. The SMILES string of the molecule is CC(NCc1ccc(Cl)cc1F)c1cc2ccccc2o1. The second-order valence-electron chi connectivity index (χ2n) is 5.02. The molecule has 2 nitrogen and oxygen atoms in total. The Kier molecular flexibility index (Phi) is 3.95. The van der Waals surface area contributed by atoms with Crippen LogP contribution in [0.4, 0.5) is 4.39 Å². The number of furan rings is 1. The summed E-state index contributed by atoms with van der Waals surface area (Å²) in [6, 6.07) is 14.6. The van der Waals surface area contributed by atoms with Gasteiger partial charge >= 0.3 is 0 Å². The first-order valence-electron chi connectivity index (χ1n) is 6.79. The van der Waals surface area contributed by atoms with Crippen LogP contribution >= 0.6 is 11.6 Å². The molecule has 0 bridgehead atoms. The quantitative estimate of drug-likeness (QED) is 0.727. The van der Waals surface area contributed by atoms with Crippen LogP contribution in [0, 0.1) is 5.82 Å². The maximum absolute atomic E-state index is 13.7. The van der Waals surface area contributed by atoms with E-state index >= 15 is 0 Å². The summed E-state index contributed by atoms with van der Waals surface area (Å²) in [5.74, 6) is 0.539. The van der Waals surface area contributed by atoms with Gasteiger partial charge in [0.1, 0.15) is 17.2 Å². The van der Waals surface area contributed by atoms with E-state index in [-0.39, 0.29) is 11.9 Å². The van der Waals surface area contributed by atoms with Crippen molar-refractivity contribution in [3.8, 4) is 0 Å². The summed E-state index contributed by atoms with van der Waals surface area (Å²) in [5.41, 5.74) is 1.45. The second-order valence-corrected chi connectivity index (χ2v) is 5.46. The largest absolute Gasteiger partial charge is 0.459 e. The molecule has 0 aliphatic rings. The number of hydrogen-bond acceptors (Lipinski definition) is 2. The van der Waals surface area contributed by atoms with Crippen LogP contribution in [0.15, 0.2) is 52.9 Å². The molecule has 2 aromatic carbocycles. The van der Waals surface area contributed by atoms with E-state index in [1.807, 2.05) is 37.3 Å². The molecule has 0 saturated heterocycles. The Bertz CT molecular complexity index is 735. The molecule has 0 fully saturated rings. The molecule has 1 aromatic heterocycles. The molecule has 0 aliphatic carbocycles. The molecule has 0 saturated carbocycles. The van der Waals surface area contributed by atoms with E-state index in [1.54, 1.807) is 12.1 Å². The van der Waals surface area contributed by atoms with Crippen molar-refractivity contribution in [2.75, 3.05) is 0 Å². The van der Waals surface area contributed by atoms with Crippen molar-refractivity contribution in [1.29, 1.82) is 0 Å². The minimum atomic E-state index is -0.299. The Morgan fingerprint density at radius 2 is 2.00 bits per heavy atom. The molecule has 21 heavy (non-hydrogen) atoms. The van der Waals surface area contributed by atoms with E-state index in [0.29, 0.717) is 17.1 Å². The lowest BCUT2D eigenvalue weighted by Crippen LogP contribution is -2.18. The van der Waals surface area contributed by atoms with Crippen molar-refractivity contribution in [2.24, 2.45) is 0 Å². The van der Waals surface area contributed by atoms with Crippen LogP contribution in [0.3, 0.4) is 0 Å². The van der Waals surface area contributed by atoms with E-state index in [4.69, 9.17) is 16.0 Å². The zero-order valence-corrected chi connectivity index (χ0v) is 12.3. The van der Waals surface area contributed by atoms with Gasteiger partial charge in [0.25, 0.3) is 0 Å². The van der Waals surface area contributed by atoms with Crippen molar-refractivity contribution >= 4 is 22.6 Å². The molecule has 3 rings (SSSR count). The van der Waals surface area contributed by atoms with Gasteiger partial charge in [-0.05, 0) is 31.2 Å². The van der Waals surface area contributed by atoms with Crippen molar-refractivity contribution in [3.63, 3.8) is 0 Å². The third kappa shape index (κ3) is 3.09. The number of nitrogens with one attached hydrogen (secondary N) is 1. The van der Waals surface area contributed by atoms with Crippen LogP contribution in [0.25, 0.3) is 11.0 Å². The first-order valence-corrected chi connectivity index (χ1v) is 7.17. The molecule has 0 aliphatic heterocycles. The average molecular weight is 304 g/mol. The Morgan fingerprint density at radius 1 is 1.19 bits per heavy atom. The number of rotatable bonds is 4. The maximum Gasteiger partial charge on any atom is 0.134 e. The van der Waals surface area contributed by atoms with Gasteiger partial charge < -0.3 is 9.73 Å². The summed E-state index contributed by atoms with van der Waals surface area (Å²) in [4.78, 5) is 0. The van der Waals surface area contributed by atoms with Gasteiger partial charge in [-0.2, -0.15) is 0 Å². The van der Waals surface area contributed by atoms with E-state index in [1.165, 1.54) is 6.07 Å². The lowest BCUT2D eigenvalue weighted by atomic mass is 10.1. The van der Waals surface area contributed by atoms with E-state index in [2.05, 4.69) is 5.32 Å². The van der Waals surface area contributed by atoms with Crippen LogP contribution in [0.1, 0.15) is 24.3 Å². The summed E-state index contributed by atoms with van der Waals surface area (Å²) in [7, 11) is 0. The summed E-state index contributed by atoms with van der Waals surface area (Å²) >= 11 is 5.75. The Balaban J connectivity index is 1.72. The van der Waals surface area contributed by atoms with Gasteiger partial charge in [0.15, 0.2) is 0 Å². The predicted octanol–water partition coefficient (Wildman–Crippen LogP) is 5.08. The van der Waals surface area contributed by atoms with E-state index < -0.39 is 0 Å². The molecule has 1 unspecified atom stereocenters. The smallest absolute Gasteiger partial charge is 0.134 e. The minimum absolute atomic E-state index is 0.00696. The molecule has 1 atom stereocenters. The van der Waals surface area contributed by atoms with Crippen LogP contribution in [-0.2, 0) is 6.54 Å². The summed E-state index contributed by atoms with van der Waals surface area (Å²) in [5, 5.41) is 4.73. The zero-order chi connectivity index (χ0) is 14.8. The lowest BCUT2D eigenvalue weighted by molar-refractivity contribution is 0.446. The fourth-order valence-electron chi connectivity index (χ4n) is 2.24. The second kappa shape index (κ2) is 5.88. The molecule has 1 N–H and O–H groups in total. The van der Waals surface area contributed by atoms with E-state index in [0.717, 1.165) is 16.7 Å². The molecular weight excluding hydrogens is 289 g/mol. The van der Waals surface area contributed by atoms with Gasteiger partial charge in [-0.15, -0.1) is 0 Å². The van der Waals surface area contributed by atoms with Gasteiger partial charge in [-0.25, -0.2) is 4.39 Å². The summed E-state index contributed by atoms with van der Waals surface area (Å²) in [6.07, 6.45) is 0. The van der Waals surface area contributed by atoms with Gasteiger partial charge in [0, 0.05) is 22.5 Å². The highest BCUT2D eigenvalue weighted by Gasteiger charge is 2.12. The molecule has 0 radical (unpaired) electrons. The summed E-state index contributed by atoms with van der Waals surface area (Å²) in [6.45, 7) is 2.41. The third-order valence-electron chi connectivity index (χ3n) is 3.49. The van der Waals surface area contributed by atoms with Crippen LogP contribution in [0.2, 0.25) is 5.02 Å². The van der Waals surface area contributed by atoms with Crippen molar-refractivity contribution in [2.45, 2.75) is 19.5 Å². The minimum Gasteiger partial charge on any atom is -0.459 e. The fourth-order valence-corrected chi connectivity index (χ4v) is 2.40. The topological polar surface area (TPSA) is 25.2 Å². The number of fused-ring (bicyclic) bond motifs is 1. The maximum atomic E-state index is 13.7. The fraction of sp³-hybridized carbons (Fsp3) is 0.176. The molecule has 4 heteroatoms. The average Bonchev–Trinajstić information content (AvgIpc) is 2.90. The Morgan fingerprint density at radius 3 is 2.76 bits per heavy atom. The summed E-state index contributed by atoms with van der Waals surface area (Å²) < 4.78 is 19.5. The highest BCUT2D eigenvalue weighted by atomic mass is 35.5. The highest BCUT2D eigenvalue weighted by Crippen LogP contribution is 2.24. The molecular formula is C17H15ClFNO. The predicted molar refractivity (Wildman–Crippen MR) is 82.9 cm³/mol.